The number of rotatable bonds is 9. The molecule has 0 spiro atoms. The van der Waals surface area contributed by atoms with Crippen molar-refractivity contribution in [2.75, 3.05) is 30.9 Å². The second-order valence-corrected chi connectivity index (χ2v) is 15.5. The van der Waals surface area contributed by atoms with Crippen LogP contribution in [0.25, 0.3) is 0 Å². The maximum atomic E-state index is 10.7. The summed E-state index contributed by atoms with van der Waals surface area (Å²) in [5.74, 6) is 1.25. The zero-order valence-electron chi connectivity index (χ0n) is 10.0. The fourth-order valence-corrected chi connectivity index (χ4v) is 12.0. The van der Waals surface area contributed by atoms with Crippen LogP contribution in [-0.4, -0.2) is 46.9 Å². The lowest BCUT2D eigenvalue weighted by Crippen LogP contribution is -2.29. The van der Waals surface area contributed by atoms with Crippen LogP contribution in [0, 0.1) is 0 Å². The Labute approximate surface area is 111 Å². The third-order valence-electron chi connectivity index (χ3n) is 1.83. The minimum absolute atomic E-state index is 0.101. The lowest BCUT2D eigenvalue weighted by Gasteiger charge is -2.26. The first kappa shape index (κ1) is 16.8. The van der Waals surface area contributed by atoms with Gasteiger partial charge in [-0.3, -0.25) is 9.69 Å². The number of hydrogen-bond acceptors (Lipinski definition) is 5. The molecule has 0 aliphatic heterocycles. The van der Waals surface area contributed by atoms with Gasteiger partial charge in [0.2, 0.25) is 0 Å². The standard InChI is InChI=1S/C9H20NO2PS3/c1-4-10(7-9(11)12)8-13(14,15-5-2)16-6-3/h4-8H2,1-3H3,(H,11,12). The summed E-state index contributed by atoms with van der Waals surface area (Å²) in [4.78, 5) is 12.6. The minimum atomic E-state index is -1.52. The Bertz CT molecular complexity index is 253. The van der Waals surface area contributed by atoms with Crippen LogP contribution in [0.15, 0.2) is 0 Å². The van der Waals surface area contributed by atoms with Gasteiger partial charge in [0.25, 0.3) is 0 Å². The van der Waals surface area contributed by atoms with Crippen LogP contribution in [0.5, 0.6) is 0 Å². The van der Waals surface area contributed by atoms with Crippen molar-refractivity contribution in [2.45, 2.75) is 20.8 Å². The molecule has 96 valence electrons. The van der Waals surface area contributed by atoms with Gasteiger partial charge in [0.05, 0.1) is 11.0 Å². The van der Waals surface area contributed by atoms with Crippen LogP contribution in [0.3, 0.4) is 0 Å². The summed E-state index contributed by atoms with van der Waals surface area (Å²) in [5, 5.41) is 8.79. The summed E-state index contributed by atoms with van der Waals surface area (Å²) in [6.07, 6.45) is 0.752. The Morgan fingerprint density at radius 2 is 1.81 bits per heavy atom. The van der Waals surface area contributed by atoms with Crippen LogP contribution >= 0.6 is 27.2 Å². The lowest BCUT2D eigenvalue weighted by molar-refractivity contribution is -0.138. The maximum Gasteiger partial charge on any atom is 0.317 e. The quantitative estimate of drug-likeness (QED) is 0.660. The van der Waals surface area contributed by atoms with Crippen LogP contribution in [0.1, 0.15) is 20.8 Å². The number of carboxylic acid groups (broad SMARTS) is 1. The molecule has 0 aliphatic carbocycles. The van der Waals surface area contributed by atoms with E-state index in [9.17, 15) is 4.79 Å². The van der Waals surface area contributed by atoms with E-state index in [0.717, 1.165) is 24.3 Å². The molecule has 0 fully saturated rings. The van der Waals surface area contributed by atoms with Crippen molar-refractivity contribution < 1.29 is 9.90 Å². The zero-order valence-corrected chi connectivity index (χ0v) is 13.4. The number of carbonyl (C=O) groups is 1. The van der Waals surface area contributed by atoms with Crippen LogP contribution in [0.2, 0.25) is 0 Å². The van der Waals surface area contributed by atoms with Gasteiger partial charge in [-0.1, -0.05) is 32.6 Å². The van der Waals surface area contributed by atoms with Gasteiger partial charge >= 0.3 is 5.97 Å². The van der Waals surface area contributed by atoms with E-state index in [4.69, 9.17) is 16.9 Å². The van der Waals surface area contributed by atoms with E-state index in [-0.39, 0.29) is 6.54 Å². The van der Waals surface area contributed by atoms with E-state index in [1.54, 1.807) is 0 Å². The molecule has 0 rings (SSSR count). The highest BCUT2D eigenvalue weighted by Gasteiger charge is 2.21. The van der Waals surface area contributed by atoms with Crippen molar-refractivity contribution in [3.63, 3.8) is 0 Å². The number of aliphatic carboxylic acids is 1. The molecule has 0 aromatic rings. The van der Waals surface area contributed by atoms with Gasteiger partial charge in [0, 0.05) is 6.29 Å². The van der Waals surface area contributed by atoms with Crippen molar-refractivity contribution in [1.82, 2.24) is 4.90 Å². The highest BCUT2D eigenvalue weighted by Crippen LogP contribution is 2.69. The van der Waals surface area contributed by atoms with E-state index in [1.165, 1.54) is 0 Å². The van der Waals surface area contributed by atoms with E-state index in [2.05, 4.69) is 13.8 Å². The molecule has 0 bridgehead atoms. The predicted molar refractivity (Wildman–Crippen MR) is 80.3 cm³/mol. The second-order valence-electron chi connectivity index (χ2n) is 3.13. The number of likely N-dealkylation sites (N-methyl/N-ethyl adjacent to an activating group) is 1. The van der Waals surface area contributed by atoms with Gasteiger partial charge in [-0.2, -0.15) is 0 Å². The summed E-state index contributed by atoms with van der Waals surface area (Å²) in [5.41, 5.74) is 0. The first-order valence-corrected chi connectivity index (χ1v) is 11.5. The highest BCUT2D eigenvalue weighted by atomic mass is 33.2. The van der Waals surface area contributed by atoms with Crippen molar-refractivity contribution in [2.24, 2.45) is 0 Å². The third-order valence-corrected chi connectivity index (χ3v) is 12.6. The molecule has 0 heterocycles. The van der Waals surface area contributed by atoms with E-state index in [1.807, 2.05) is 34.6 Å². The Hall–Kier alpha value is 0.780. The average molecular weight is 301 g/mol. The Morgan fingerprint density at radius 1 is 1.31 bits per heavy atom. The Balaban J connectivity index is 4.45. The molecular formula is C9H20NO2PS3. The fourth-order valence-electron chi connectivity index (χ4n) is 1.21. The van der Waals surface area contributed by atoms with E-state index in [0.29, 0.717) is 0 Å². The van der Waals surface area contributed by atoms with Gasteiger partial charge in [-0.25, -0.2) is 0 Å². The summed E-state index contributed by atoms with van der Waals surface area (Å²) < 4.78 is -1.52. The molecule has 1 N–H and O–H groups in total. The van der Waals surface area contributed by atoms with E-state index < -0.39 is 10.4 Å². The summed E-state index contributed by atoms with van der Waals surface area (Å²) in [6.45, 7) is 7.04. The van der Waals surface area contributed by atoms with Crippen molar-refractivity contribution >= 4 is 45.0 Å². The van der Waals surface area contributed by atoms with Gasteiger partial charge < -0.3 is 5.11 Å². The first-order chi connectivity index (χ1) is 7.47. The SMILES string of the molecule is CCSP(=S)(CN(CC)CC(=O)O)SCC. The minimum Gasteiger partial charge on any atom is -0.480 e. The number of hydrogen-bond donors (Lipinski definition) is 1. The Morgan fingerprint density at radius 3 is 2.12 bits per heavy atom. The molecule has 0 saturated carbocycles. The molecule has 3 nitrogen and oxygen atoms in total. The summed E-state index contributed by atoms with van der Waals surface area (Å²) in [6, 6.07) is 0. The third kappa shape index (κ3) is 7.17. The summed E-state index contributed by atoms with van der Waals surface area (Å²) in [7, 11) is 0. The number of carboxylic acids is 1. The molecule has 0 radical (unpaired) electrons. The van der Waals surface area contributed by atoms with Crippen molar-refractivity contribution in [3.8, 4) is 0 Å². The predicted octanol–water partition coefficient (Wildman–Crippen LogP) is 3.17. The molecule has 0 aromatic heterocycles. The molecule has 0 aliphatic rings. The Kier molecular flexibility index (Phi) is 9.24. The molecule has 0 aromatic carbocycles. The normalized spacial score (nSPS) is 12.0. The second kappa shape index (κ2) is 8.81. The van der Waals surface area contributed by atoms with Crippen LogP contribution in [0.4, 0.5) is 0 Å². The largest absolute Gasteiger partial charge is 0.480 e. The molecule has 0 amide bonds. The monoisotopic (exact) mass is 301 g/mol. The van der Waals surface area contributed by atoms with Crippen molar-refractivity contribution in [1.29, 1.82) is 0 Å². The van der Waals surface area contributed by atoms with E-state index >= 15 is 0 Å². The molecule has 0 unspecified atom stereocenters. The molecular weight excluding hydrogens is 281 g/mol. The number of nitrogens with zero attached hydrogens (tertiary/aromatic N) is 1. The molecule has 7 heteroatoms. The highest BCUT2D eigenvalue weighted by molar-refractivity contribution is 9.00. The van der Waals surface area contributed by atoms with Gasteiger partial charge in [0.15, 0.2) is 0 Å². The van der Waals surface area contributed by atoms with Crippen LogP contribution < -0.4 is 0 Å². The van der Waals surface area contributed by atoms with Crippen LogP contribution in [-0.2, 0) is 16.6 Å². The lowest BCUT2D eigenvalue weighted by atomic mass is 10.5. The zero-order chi connectivity index (χ0) is 12.6. The summed E-state index contributed by atoms with van der Waals surface area (Å²) >= 11 is 9.35. The fraction of sp³-hybridized carbons (Fsp3) is 0.889. The average Bonchev–Trinajstić information content (AvgIpc) is 2.16. The van der Waals surface area contributed by atoms with Gasteiger partial charge in [0.1, 0.15) is 0 Å². The van der Waals surface area contributed by atoms with Gasteiger partial charge in [-0.15, -0.1) is 22.8 Å². The molecule has 0 atom stereocenters. The van der Waals surface area contributed by atoms with Gasteiger partial charge in [-0.05, 0) is 18.1 Å². The topological polar surface area (TPSA) is 40.5 Å². The smallest absolute Gasteiger partial charge is 0.317 e. The molecule has 0 saturated heterocycles. The molecule has 16 heavy (non-hydrogen) atoms. The maximum absolute atomic E-state index is 10.7. The first-order valence-electron chi connectivity index (χ1n) is 5.29. The van der Waals surface area contributed by atoms with Crippen molar-refractivity contribution in [3.05, 3.63) is 0 Å².